The van der Waals surface area contributed by atoms with E-state index < -0.39 is 0 Å². The van der Waals surface area contributed by atoms with E-state index in [1.54, 1.807) is 0 Å². The summed E-state index contributed by atoms with van der Waals surface area (Å²) in [6, 6.07) is 0. The predicted molar refractivity (Wildman–Crippen MR) is 76.1 cm³/mol. The zero-order valence-corrected chi connectivity index (χ0v) is 12.1. The summed E-state index contributed by atoms with van der Waals surface area (Å²) in [7, 11) is 0. The molecule has 2 N–H and O–H groups in total. The van der Waals surface area contributed by atoms with Crippen molar-refractivity contribution in [1.29, 1.82) is 0 Å². The van der Waals surface area contributed by atoms with E-state index in [0.717, 1.165) is 24.3 Å². The summed E-state index contributed by atoms with van der Waals surface area (Å²) in [5.41, 5.74) is 5.87. The Morgan fingerprint density at radius 2 is 2.12 bits per heavy atom. The number of likely N-dealkylation sites (tertiary alicyclic amines) is 1. The second-order valence-corrected chi connectivity index (χ2v) is 5.94. The Hall–Kier alpha value is -0.0800. The lowest BCUT2D eigenvalue weighted by molar-refractivity contribution is 0.112. The maximum atomic E-state index is 5.87. The van der Waals surface area contributed by atoms with Gasteiger partial charge in [-0.15, -0.1) is 0 Å². The molecule has 3 unspecified atom stereocenters. The largest absolute Gasteiger partial charge is 0.330 e. The van der Waals surface area contributed by atoms with Crippen LogP contribution in [-0.2, 0) is 0 Å². The molecule has 1 aliphatic rings. The summed E-state index contributed by atoms with van der Waals surface area (Å²) in [5.74, 6) is 2.46. The smallest absolute Gasteiger partial charge is 0.00244 e. The summed E-state index contributed by atoms with van der Waals surface area (Å²) in [6.07, 6.45) is 6.81. The van der Waals surface area contributed by atoms with Gasteiger partial charge in [-0.25, -0.2) is 0 Å². The Morgan fingerprint density at radius 3 is 2.71 bits per heavy atom. The van der Waals surface area contributed by atoms with Crippen LogP contribution in [0.5, 0.6) is 0 Å². The van der Waals surface area contributed by atoms with Crippen molar-refractivity contribution in [2.24, 2.45) is 23.5 Å². The molecule has 0 amide bonds. The molecule has 0 spiro atoms. The fraction of sp³-hybridized carbons (Fsp3) is 1.00. The van der Waals surface area contributed by atoms with Crippen LogP contribution in [0.15, 0.2) is 0 Å². The molecule has 0 aromatic rings. The highest BCUT2D eigenvalue weighted by atomic mass is 15.1. The Labute approximate surface area is 108 Å². The van der Waals surface area contributed by atoms with E-state index in [1.165, 1.54) is 51.7 Å². The number of hydrogen-bond acceptors (Lipinski definition) is 2. The quantitative estimate of drug-likeness (QED) is 0.741. The molecule has 102 valence electrons. The minimum Gasteiger partial charge on any atom is -0.330 e. The highest BCUT2D eigenvalue weighted by Gasteiger charge is 2.25. The first-order chi connectivity index (χ1) is 8.21. The zero-order valence-electron chi connectivity index (χ0n) is 12.1. The molecular formula is C15H32N2. The van der Waals surface area contributed by atoms with Gasteiger partial charge in [0.2, 0.25) is 0 Å². The highest BCUT2D eigenvalue weighted by molar-refractivity contribution is 4.79. The molecule has 0 aromatic carbocycles. The number of nitrogens with two attached hydrogens (primary N) is 1. The Kier molecular flexibility index (Phi) is 7.14. The second kappa shape index (κ2) is 8.10. The number of rotatable bonds is 7. The number of piperidine rings is 1. The molecule has 0 bridgehead atoms. The third-order valence-corrected chi connectivity index (χ3v) is 4.56. The Morgan fingerprint density at radius 1 is 1.35 bits per heavy atom. The SMILES string of the molecule is CCCCC(CC)CN1CCC(C)C(CN)C1. The van der Waals surface area contributed by atoms with E-state index in [0.29, 0.717) is 0 Å². The van der Waals surface area contributed by atoms with Gasteiger partial charge in [-0.2, -0.15) is 0 Å². The van der Waals surface area contributed by atoms with Crippen LogP contribution in [0.3, 0.4) is 0 Å². The summed E-state index contributed by atoms with van der Waals surface area (Å²) in [5, 5.41) is 0. The van der Waals surface area contributed by atoms with E-state index in [2.05, 4.69) is 25.7 Å². The first-order valence-electron chi connectivity index (χ1n) is 7.63. The Balaban J connectivity index is 2.34. The molecule has 0 radical (unpaired) electrons. The average Bonchev–Trinajstić information content (AvgIpc) is 2.36. The van der Waals surface area contributed by atoms with Gasteiger partial charge in [0.1, 0.15) is 0 Å². The van der Waals surface area contributed by atoms with Gasteiger partial charge in [0.05, 0.1) is 0 Å². The van der Waals surface area contributed by atoms with Crippen molar-refractivity contribution >= 4 is 0 Å². The number of hydrogen-bond donors (Lipinski definition) is 1. The van der Waals surface area contributed by atoms with E-state index in [9.17, 15) is 0 Å². The molecular weight excluding hydrogens is 208 g/mol. The van der Waals surface area contributed by atoms with E-state index in [4.69, 9.17) is 5.73 Å². The van der Waals surface area contributed by atoms with Crippen LogP contribution in [0.25, 0.3) is 0 Å². The van der Waals surface area contributed by atoms with Gasteiger partial charge < -0.3 is 10.6 Å². The molecule has 3 atom stereocenters. The van der Waals surface area contributed by atoms with Crippen molar-refractivity contribution in [1.82, 2.24) is 4.90 Å². The summed E-state index contributed by atoms with van der Waals surface area (Å²) < 4.78 is 0. The molecule has 0 aliphatic carbocycles. The van der Waals surface area contributed by atoms with Crippen LogP contribution in [0, 0.1) is 17.8 Å². The van der Waals surface area contributed by atoms with E-state index in [1.807, 2.05) is 0 Å². The molecule has 2 nitrogen and oxygen atoms in total. The lowest BCUT2D eigenvalue weighted by Gasteiger charge is -2.38. The third kappa shape index (κ3) is 4.97. The van der Waals surface area contributed by atoms with Crippen LogP contribution in [0.2, 0.25) is 0 Å². The summed E-state index contributed by atoms with van der Waals surface area (Å²) >= 11 is 0. The zero-order chi connectivity index (χ0) is 12.7. The molecule has 2 heteroatoms. The van der Waals surface area contributed by atoms with Gasteiger partial charge in [-0.1, -0.05) is 40.0 Å². The maximum Gasteiger partial charge on any atom is 0.00244 e. The van der Waals surface area contributed by atoms with Crippen LogP contribution in [-0.4, -0.2) is 31.1 Å². The lowest BCUT2D eigenvalue weighted by Crippen LogP contribution is -2.44. The molecule has 0 aromatic heterocycles. The fourth-order valence-electron chi connectivity index (χ4n) is 2.98. The van der Waals surface area contributed by atoms with Gasteiger partial charge in [-0.05, 0) is 43.7 Å². The molecule has 17 heavy (non-hydrogen) atoms. The molecule has 1 rings (SSSR count). The van der Waals surface area contributed by atoms with Crippen molar-refractivity contribution in [3.05, 3.63) is 0 Å². The molecule has 1 aliphatic heterocycles. The number of unbranched alkanes of at least 4 members (excludes halogenated alkanes) is 1. The van der Waals surface area contributed by atoms with Gasteiger partial charge >= 0.3 is 0 Å². The van der Waals surface area contributed by atoms with Crippen LogP contribution < -0.4 is 5.73 Å². The van der Waals surface area contributed by atoms with Gasteiger partial charge in [0, 0.05) is 13.1 Å². The van der Waals surface area contributed by atoms with Crippen molar-refractivity contribution < 1.29 is 0 Å². The van der Waals surface area contributed by atoms with Crippen molar-refractivity contribution in [3.8, 4) is 0 Å². The van der Waals surface area contributed by atoms with Crippen molar-refractivity contribution in [2.75, 3.05) is 26.2 Å². The van der Waals surface area contributed by atoms with E-state index in [-0.39, 0.29) is 0 Å². The van der Waals surface area contributed by atoms with Crippen LogP contribution >= 0.6 is 0 Å². The topological polar surface area (TPSA) is 29.3 Å². The summed E-state index contributed by atoms with van der Waals surface area (Å²) in [4.78, 5) is 2.67. The normalized spacial score (nSPS) is 28.2. The van der Waals surface area contributed by atoms with Gasteiger partial charge in [0.25, 0.3) is 0 Å². The van der Waals surface area contributed by atoms with Crippen LogP contribution in [0.4, 0.5) is 0 Å². The van der Waals surface area contributed by atoms with Crippen molar-refractivity contribution in [2.45, 2.75) is 52.9 Å². The highest BCUT2D eigenvalue weighted by Crippen LogP contribution is 2.24. The lowest BCUT2D eigenvalue weighted by atomic mass is 9.86. The van der Waals surface area contributed by atoms with E-state index >= 15 is 0 Å². The minimum atomic E-state index is 0.729. The standard InChI is InChI=1S/C15H32N2/c1-4-6-7-14(5-2)11-17-9-8-13(3)15(10-16)12-17/h13-15H,4-12,16H2,1-3H3. The van der Waals surface area contributed by atoms with Gasteiger partial charge in [0.15, 0.2) is 0 Å². The predicted octanol–water partition coefficient (Wildman–Crippen LogP) is 3.12. The third-order valence-electron chi connectivity index (χ3n) is 4.56. The first kappa shape index (κ1) is 15.0. The molecule has 1 heterocycles. The first-order valence-corrected chi connectivity index (χ1v) is 7.63. The number of nitrogens with zero attached hydrogens (tertiary/aromatic N) is 1. The average molecular weight is 240 g/mol. The van der Waals surface area contributed by atoms with Gasteiger partial charge in [-0.3, -0.25) is 0 Å². The Bertz CT molecular complexity index is 193. The van der Waals surface area contributed by atoms with Crippen molar-refractivity contribution in [3.63, 3.8) is 0 Å². The molecule has 1 saturated heterocycles. The summed E-state index contributed by atoms with van der Waals surface area (Å²) in [6.45, 7) is 11.7. The minimum absolute atomic E-state index is 0.729. The second-order valence-electron chi connectivity index (χ2n) is 5.94. The molecule has 1 fully saturated rings. The molecule has 0 saturated carbocycles. The monoisotopic (exact) mass is 240 g/mol. The fourth-order valence-corrected chi connectivity index (χ4v) is 2.98. The maximum absolute atomic E-state index is 5.87. The van der Waals surface area contributed by atoms with Crippen LogP contribution in [0.1, 0.15) is 52.9 Å².